The Morgan fingerprint density at radius 2 is 1.29 bits per heavy atom. The molecule has 3 nitrogen and oxygen atoms in total. The molecule has 24 heavy (non-hydrogen) atoms. The van der Waals surface area contributed by atoms with Crippen LogP contribution >= 0.6 is 0 Å². The van der Waals surface area contributed by atoms with Gasteiger partial charge in [0.2, 0.25) is 0 Å². The fourth-order valence-electron chi connectivity index (χ4n) is 2.41. The number of unbranched alkanes of at least 4 members (excludes halogenated alkanes) is 9. The Morgan fingerprint density at radius 3 is 1.79 bits per heavy atom. The van der Waals surface area contributed by atoms with Crippen LogP contribution in [-0.4, -0.2) is 55.4 Å². The van der Waals surface area contributed by atoms with E-state index >= 15 is 0 Å². The standard InChI is InChI=1S/C18H30O3S.Al.Mg.5H/c1-2-3-4-5-6-7-8-9-10-14-17-21-22(19,20)18-15-12-11-13-16-18;;;;;;;/h11-13,15-16H,2-10,14,17H2,1H3;;;;;;;/q;;+2;;;;2*-1. The van der Waals surface area contributed by atoms with Crippen molar-refractivity contribution in [2.24, 2.45) is 0 Å². The van der Waals surface area contributed by atoms with Crippen molar-refractivity contribution in [2.45, 2.75) is 76.0 Å². The van der Waals surface area contributed by atoms with Gasteiger partial charge in [-0.1, -0.05) is 82.9 Å². The molecule has 0 aromatic heterocycles. The SMILES string of the molecule is CCCCCCCCCCCCOS(=O)(=O)c1ccccc1.[AlH3].[H-].[H-].[Mg+2]. The van der Waals surface area contributed by atoms with Gasteiger partial charge in [0.25, 0.3) is 10.1 Å². The molecule has 0 N–H and O–H groups in total. The molecule has 1 rings (SSSR count). The van der Waals surface area contributed by atoms with Gasteiger partial charge in [-0.15, -0.1) is 0 Å². The van der Waals surface area contributed by atoms with Crippen LogP contribution in [0.1, 0.15) is 74.0 Å². The van der Waals surface area contributed by atoms with Gasteiger partial charge in [0, 0.05) is 0 Å². The van der Waals surface area contributed by atoms with E-state index in [9.17, 15) is 8.42 Å². The van der Waals surface area contributed by atoms with E-state index in [4.69, 9.17) is 4.18 Å². The average molecular weight is 383 g/mol. The zero-order chi connectivity index (χ0) is 16.1. The topological polar surface area (TPSA) is 43.4 Å². The average Bonchev–Trinajstić information content (AvgIpc) is 2.53. The maximum atomic E-state index is 11.9. The van der Waals surface area contributed by atoms with Crippen LogP contribution in [0.2, 0.25) is 0 Å². The van der Waals surface area contributed by atoms with Gasteiger partial charge in [-0.05, 0) is 18.6 Å². The minimum atomic E-state index is -3.57. The van der Waals surface area contributed by atoms with Crippen LogP contribution in [0.15, 0.2) is 35.2 Å². The van der Waals surface area contributed by atoms with Crippen molar-refractivity contribution in [1.29, 1.82) is 0 Å². The zero-order valence-corrected chi connectivity index (χ0v) is 16.7. The van der Waals surface area contributed by atoms with Gasteiger partial charge in [-0.25, -0.2) is 0 Å². The van der Waals surface area contributed by atoms with Crippen molar-refractivity contribution in [3.63, 3.8) is 0 Å². The smallest absolute Gasteiger partial charge is 1.00 e. The van der Waals surface area contributed by atoms with Gasteiger partial charge >= 0.3 is 23.1 Å². The van der Waals surface area contributed by atoms with Crippen LogP contribution in [0.3, 0.4) is 0 Å². The van der Waals surface area contributed by atoms with Crippen molar-refractivity contribution in [3.8, 4) is 0 Å². The predicted octanol–water partition coefficient (Wildman–Crippen LogP) is 3.97. The third-order valence-corrected chi connectivity index (χ3v) is 5.09. The summed E-state index contributed by atoms with van der Waals surface area (Å²) in [6.45, 7) is 2.52. The van der Waals surface area contributed by atoms with E-state index in [2.05, 4.69) is 6.92 Å². The normalized spacial score (nSPS) is 10.7. The Labute approximate surface area is 178 Å². The predicted molar refractivity (Wildman–Crippen MR) is 109 cm³/mol. The molecule has 0 fully saturated rings. The Kier molecular flexibility index (Phi) is 18.7. The summed E-state index contributed by atoms with van der Waals surface area (Å²) in [5, 5.41) is 0. The Bertz CT molecular complexity index is 490. The van der Waals surface area contributed by atoms with Crippen molar-refractivity contribution < 1.29 is 15.5 Å². The van der Waals surface area contributed by atoms with E-state index in [1.807, 2.05) is 0 Å². The summed E-state index contributed by atoms with van der Waals surface area (Å²) >= 11 is 0. The first-order chi connectivity index (χ1) is 10.7. The van der Waals surface area contributed by atoms with E-state index in [0.29, 0.717) is 0 Å². The van der Waals surface area contributed by atoms with E-state index in [1.54, 1.807) is 30.3 Å². The van der Waals surface area contributed by atoms with Gasteiger partial charge in [0.05, 0.1) is 11.5 Å². The van der Waals surface area contributed by atoms with Gasteiger partial charge in [-0.2, -0.15) is 8.42 Å². The number of hydrogen-bond acceptors (Lipinski definition) is 3. The molecule has 0 unspecified atom stereocenters. The molecule has 0 aliphatic heterocycles. The fraction of sp³-hybridized carbons (Fsp3) is 0.667. The maximum Gasteiger partial charge on any atom is 2.00 e. The van der Waals surface area contributed by atoms with E-state index in [-0.39, 0.29) is 54.8 Å². The molecule has 0 bridgehead atoms. The van der Waals surface area contributed by atoms with Crippen LogP contribution in [-0.2, 0) is 14.3 Å². The van der Waals surface area contributed by atoms with Crippen molar-refractivity contribution in [1.82, 2.24) is 0 Å². The summed E-state index contributed by atoms with van der Waals surface area (Å²) in [6, 6.07) is 8.33. The number of rotatable bonds is 13. The van der Waals surface area contributed by atoms with E-state index in [0.717, 1.165) is 12.8 Å². The van der Waals surface area contributed by atoms with Crippen molar-refractivity contribution >= 4 is 50.5 Å². The van der Waals surface area contributed by atoms with Crippen LogP contribution in [0.25, 0.3) is 0 Å². The molecule has 0 amide bonds. The molecule has 0 radical (unpaired) electrons. The molecule has 0 aliphatic carbocycles. The van der Waals surface area contributed by atoms with Crippen LogP contribution < -0.4 is 0 Å². The van der Waals surface area contributed by atoms with Gasteiger partial charge in [-0.3, -0.25) is 4.18 Å². The molecule has 1 aromatic carbocycles. The zero-order valence-electron chi connectivity index (χ0n) is 16.5. The van der Waals surface area contributed by atoms with Gasteiger partial charge < -0.3 is 2.85 Å². The Hall–Kier alpha value is 0.429. The summed E-state index contributed by atoms with van der Waals surface area (Å²) in [5.41, 5.74) is 0. The molecule has 1 aromatic rings. The fourth-order valence-corrected chi connectivity index (χ4v) is 3.38. The number of hydrogen-bond donors (Lipinski definition) is 0. The van der Waals surface area contributed by atoms with Crippen LogP contribution in [0.4, 0.5) is 0 Å². The van der Waals surface area contributed by atoms with Gasteiger partial charge in [0.1, 0.15) is 0 Å². The second-order valence-electron chi connectivity index (χ2n) is 5.77. The second-order valence-corrected chi connectivity index (χ2v) is 7.39. The Morgan fingerprint density at radius 1 is 0.833 bits per heavy atom. The second kappa shape index (κ2) is 16.9. The molecule has 0 spiro atoms. The minimum Gasteiger partial charge on any atom is -1.00 e. The third kappa shape index (κ3) is 12.7. The molecule has 6 heteroatoms. The largest absolute Gasteiger partial charge is 2.00 e. The summed E-state index contributed by atoms with van der Waals surface area (Å²) in [4.78, 5) is 0.238. The molecule has 0 aliphatic rings. The first-order valence-corrected chi connectivity index (χ1v) is 10.0. The van der Waals surface area contributed by atoms with E-state index < -0.39 is 10.1 Å². The van der Waals surface area contributed by atoms with Gasteiger partial charge in [0.15, 0.2) is 17.4 Å². The molecule has 0 saturated heterocycles. The number of benzene rings is 1. The maximum absolute atomic E-state index is 11.9. The summed E-state index contributed by atoms with van der Waals surface area (Å²) in [7, 11) is -3.57. The quantitative estimate of drug-likeness (QED) is 0.294. The molecular weight excluding hydrogens is 348 g/mol. The molecule has 0 saturated carbocycles. The molecular formula is C18H35AlMgO3S. The Balaban J connectivity index is -0.000000605. The van der Waals surface area contributed by atoms with Crippen molar-refractivity contribution in [2.75, 3.05) is 6.61 Å². The van der Waals surface area contributed by atoms with Crippen molar-refractivity contribution in [3.05, 3.63) is 30.3 Å². The summed E-state index contributed by atoms with van der Waals surface area (Å²) < 4.78 is 28.8. The summed E-state index contributed by atoms with van der Waals surface area (Å²) in [5.74, 6) is 0. The van der Waals surface area contributed by atoms with Crippen LogP contribution in [0, 0.1) is 0 Å². The first kappa shape index (κ1) is 26.7. The third-order valence-electron chi connectivity index (χ3n) is 3.77. The molecule has 136 valence electrons. The first-order valence-electron chi connectivity index (χ1n) is 8.61. The van der Waals surface area contributed by atoms with Crippen LogP contribution in [0.5, 0.6) is 0 Å². The molecule has 0 heterocycles. The molecule has 0 atom stereocenters. The summed E-state index contributed by atoms with van der Waals surface area (Å²) in [6.07, 6.45) is 12.3. The minimum absolute atomic E-state index is 0. The monoisotopic (exact) mass is 382 g/mol. The van der Waals surface area contributed by atoms with E-state index in [1.165, 1.54) is 51.4 Å².